The van der Waals surface area contributed by atoms with E-state index in [1.54, 1.807) is 4.90 Å². The van der Waals surface area contributed by atoms with Crippen LogP contribution in [-0.2, 0) is 0 Å². The molecule has 268 valence electrons. The summed E-state index contributed by atoms with van der Waals surface area (Å²) in [5.41, 5.74) is -2.33. The molecule has 0 saturated carbocycles. The molecular weight excluding hydrogens is 645 g/mol. The first-order chi connectivity index (χ1) is 24.0. The maximum absolute atomic E-state index is 16.0. The molecule has 0 aliphatic carbocycles. The molecule has 0 bridgehead atoms. The van der Waals surface area contributed by atoms with Crippen molar-refractivity contribution in [2.45, 2.75) is 90.9 Å². The minimum absolute atomic E-state index is 0.00606. The van der Waals surface area contributed by atoms with Gasteiger partial charge in [-0.1, -0.05) is 90.2 Å². The molecule has 13 heteroatoms. The summed E-state index contributed by atoms with van der Waals surface area (Å²) in [4.78, 5) is 72.4. The van der Waals surface area contributed by atoms with Crippen LogP contribution in [0.3, 0.4) is 0 Å². The molecule has 3 amide bonds. The lowest BCUT2D eigenvalue weighted by Crippen LogP contribution is -2.33. The molecule has 0 aliphatic heterocycles. The average molecular weight is 692 g/mol. The highest BCUT2D eigenvalue weighted by Gasteiger charge is 2.23. The Kier molecular flexibility index (Phi) is 16.0. The normalized spacial score (nSPS) is 10.8. The van der Waals surface area contributed by atoms with E-state index in [-0.39, 0.29) is 17.0 Å². The number of rotatable bonds is 21. The third-order valence-electron chi connectivity index (χ3n) is 8.07. The number of aromatic carboxylic acids is 2. The van der Waals surface area contributed by atoms with Crippen molar-refractivity contribution in [2.24, 2.45) is 0 Å². The standard InChI is InChI=1S/C37H46FN5O7/c1-3-5-7-9-11-13-21-43(22-14-12-10-8-6-4-2)35(46)25-23-30(41-33(44)26-17-15-19-28(39-26)36(47)48)32(38)31(24-25)42-34(45)27-18-16-20-29(40-27)37(49)50/h15-20,23-24H,3-14,21-22H2,1-2H3,(H,41,44)(H,42,45)(H,47,48)(H,49,50). The van der Waals surface area contributed by atoms with Gasteiger partial charge in [-0.05, 0) is 49.2 Å². The molecule has 0 atom stereocenters. The largest absolute Gasteiger partial charge is 0.477 e. The van der Waals surface area contributed by atoms with Crippen LogP contribution in [0, 0.1) is 5.82 Å². The number of carboxylic acids is 2. The fraction of sp³-hybridized carbons (Fsp3) is 0.432. The highest BCUT2D eigenvalue weighted by Crippen LogP contribution is 2.28. The topological polar surface area (TPSA) is 179 Å². The second kappa shape index (κ2) is 20.3. The summed E-state index contributed by atoms with van der Waals surface area (Å²) in [7, 11) is 0. The molecule has 0 aliphatic rings. The van der Waals surface area contributed by atoms with Crippen molar-refractivity contribution in [1.29, 1.82) is 0 Å². The molecule has 2 heterocycles. The number of carboxylic acid groups (broad SMARTS) is 2. The number of nitrogens with one attached hydrogen (secondary N) is 2. The molecule has 3 rings (SSSR count). The second-order valence-electron chi connectivity index (χ2n) is 12.0. The summed E-state index contributed by atoms with van der Waals surface area (Å²) >= 11 is 0. The molecule has 50 heavy (non-hydrogen) atoms. The number of carbonyl (C=O) groups excluding carboxylic acids is 3. The number of halogens is 1. The van der Waals surface area contributed by atoms with E-state index in [4.69, 9.17) is 0 Å². The van der Waals surface area contributed by atoms with Gasteiger partial charge in [-0.15, -0.1) is 0 Å². The van der Waals surface area contributed by atoms with Crippen molar-refractivity contribution >= 4 is 41.0 Å². The van der Waals surface area contributed by atoms with Gasteiger partial charge >= 0.3 is 11.9 Å². The van der Waals surface area contributed by atoms with Gasteiger partial charge < -0.3 is 25.7 Å². The molecule has 1 aromatic carbocycles. The quantitative estimate of drug-likeness (QED) is 0.0815. The van der Waals surface area contributed by atoms with Crippen LogP contribution in [0.1, 0.15) is 143 Å². The predicted molar refractivity (Wildman–Crippen MR) is 187 cm³/mol. The number of carbonyl (C=O) groups is 5. The monoisotopic (exact) mass is 691 g/mol. The first kappa shape index (κ1) is 39.2. The zero-order chi connectivity index (χ0) is 36.5. The minimum atomic E-state index is -1.36. The number of amides is 3. The summed E-state index contributed by atoms with van der Waals surface area (Å²) in [5, 5.41) is 23.3. The third kappa shape index (κ3) is 12.0. The van der Waals surface area contributed by atoms with Gasteiger partial charge in [-0.2, -0.15) is 0 Å². The van der Waals surface area contributed by atoms with Crippen molar-refractivity contribution in [1.82, 2.24) is 14.9 Å². The Labute approximate surface area is 291 Å². The lowest BCUT2D eigenvalue weighted by molar-refractivity contribution is 0.0679. The van der Waals surface area contributed by atoms with Gasteiger partial charge in [0, 0.05) is 18.7 Å². The Balaban J connectivity index is 1.96. The predicted octanol–water partition coefficient (Wildman–Crippen LogP) is 7.68. The Morgan fingerprint density at radius 2 is 1.00 bits per heavy atom. The number of benzene rings is 1. The number of anilines is 2. The Hall–Kier alpha value is -5.20. The van der Waals surface area contributed by atoms with Crippen LogP contribution in [0.2, 0.25) is 0 Å². The molecule has 0 unspecified atom stereocenters. The van der Waals surface area contributed by atoms with Crippen LogP contribution in [0.25, 0.3) is 0 Å². The lowest BCUT2D eigenvalue weighted by Gasteiger charge is -2.24. The van der Waals surface area contributed by atoms with E-state index in [1.807, 2.05) is 0 Å². The van der Waals surface area contributed by atoms with Gasteiger partial charge in [0.1, 0.15) is 22.8 Å². The van der Waals surface area contributed by atoms with Crippen LogP contribution in [-0.4, -0.2) is 67.8 Å². The minimum Gasteiger partial charge on any atom is -0.477 e. The summed E-state index contributed by atoms with van der Waals surface area (Å²) in [6.07, 6.45) is 12.3. The first-order valence-corrected chi connectivity index (χ1v) is 17.2. The maximum Gasteiger partial charge on any atom is 0.354 e. The molecule has 0 spiro atoms. The van der Waals surface area contributed by atoms with E-state index in [0.29, 0.717) is 13.1 Å². The summed E-state index contributed by atoms with van der Waals surface area (Å²) < 4.78 is 16.0. The van der Waals surface area contributed by atoms with E-state index < -0.39 is 58.2 Å². The van der Waals surface area contributed by atoms with E-state index in [0.717, 1.165) is 77.0 Å². The number of hydrogen-bond donors (Lipinski definition) is 4. The Morgan fingerprint density at radius 3 is 1.40 bits per heavy atom. The Bertz CT molecular complexity index is 1540. The number of nitrogens with zero attached hydrogens (tertiary/aromatic N) is 3. The van der Waals surface area contributed by atoms with Crippen LogP contribution >= 0.6 is 0 Å². The van der Waals surface area contributed by atoms with Crippen molar-refractivity contribution < 1.29 is 38.6 Å². The van der Waals surface area contributed by atoms with Crippen molar-refractivity contribution in [3.05, 3.63) is 82.7 Å². The van der Waals surface area contributed by atoms with Crippen LogP contribution in [0.4, 0.5) is 15.8 Å². The Morgan fingerprint density at radius 1 is 0.620 bits per heavy atom. The van der Waals surface area contributed by atoms with Gasteiger partial charge in [0.15, 0.2) is 5.82 Å². The van der Waals surface area contributed by atoms with E-state index in [1.165, 1.54) is 48.5 Å². The smallest absolute Gasteiger partial charge is 0.354 e. The summed E-state index contributed by atoms with van der Waals surface area (Å²) in [6.45, 7) is 5.23. The molecule has 12 nitrogen and oxygen atoms in total. The van der Waals surface area contributed by atoms with E-state index in [2.05, 4.69) is 34.4 Å². The second-order valence-corrected chi connectivity index (χ2v) is 12.0. The molecule has 0 saturated heterocycles. The first-order valence-electron chi connectivity index (χ1n) is 17.2. The van der Waals surface area contributed by atoms with Crippen LogP contribution in [0.15, 0.2) is 48.5 Å². The highest BCUT2D eigenvalue weighted by atomic mass is 19.1. The average Bonchev–Trinajstić information content (AvgIpc) is 3.11. The summed E-state index contributed by atoms with van der Waals surface area (Å²) in [6, 6.07) is 9.87. The zero-order valence-corrected chi connectivity index (χ0v) is 28.7. The number of pyridine rings is 2. The molecule has 0 radical (unpaired) electrons. The summed E-state index contributed by atoms with van der Waals surface area (Å²) in [5.74, 6) is -6.12. The van der Waals surface area contributed by atoms with Gasteiger partial charge in [-0.3, -0.25) is 14.4 Å². The highest BCUT2D eigenvalue weighted by molar-refractivity contribution is 6.07. The molecule has 0 fully saturated rings. The molecular formula is C37H46FN5O7. The van der Waals surface area contributed by atoms with Gasteiger partial charge in [0.25, 0.3) is 17.7 Å². The fourth-order valence-corrected chi connectivity index (χ4v) is 5.33. The van der Waals surface area contributed by atoms with Gasteiger partial charge in [0.2, 0.25) is 0 Å². The third-order valence-corrected chi connectivity index (χ3v) is 8.07. The van der Waals surface area contributed by atoms with Gasteiger partial charge in [0.05, 0.1) is 11.4 Å². The van der Waals surface area contributed by atoms with Crippen molar-refractivity contribution in [2.75, 3.05) is 23.7 Å². The maximum atomic E-state index is 16.0. The number of aromatic nitrogens is 2. The van der Waals surface area contributed by atoms with Gasteiger partial charge in [-0.25, -0.2) is 23.9 Å². The zero-order valence-electron chi connectivity index (χ0n) is 28.7. The van der Waals surface area contributed by atoms with Crippen molar-refractivity contribution in [3.8, 4) is 0 Å². The van der Waals surface area contributed by atoms with Crippen molar-refractivity contribution in [3.63, 3.8) is 0 Å². The fourth-order valence-electron chi connectivity index (χ4n) is 5.33. The number of unbranched alkanes of at least 4 members (excludes halogenated alkanes) is 10. The van der Waals surface area contributed by atoms with E-state index >= 15 is 4.39 Å². The SMILES string of the molecule is CCCCCCCCN(CCCCCCCC)C(=O)c1cc(NC(=O)c2cccc(C(=O)O)n2)c(F)c(NC(=O)c2cccc(C(=O)O)n2)c1. The van der Waals surface area contributed by atoms with Crippen LogP contribution < -0.4 is 10.6 Å². The molecule has 3 aromatic rings. The lowest BCUT2D eigenvalue weighted by atomic mass is 10.1. The number of hydrogen-bond acceptors (Lipinski definition) is 7. The molecule has 4 N–H and O–H groups in total. The molecule has 2 aromatic heterocycles. The van der Waals surface area contributed by atoms with E-state index in [9.17, 15) is 34.2 Å². The van der Waals surface area contributed by atoms with Crippen LogP contribution in [0.5, 0.6) is 0 Å².